The molecule has 1 N–H and O–H groups in total. The van der Waals surface area contributed by atoms with Crippen molar-refractivity contribution in [3.05, 3.63) is 95.1 Å². The largest absolute Gasteiger partial charge is 0.339 e. The number of hydrogen-bond donors (Lipinski definition) is 1. The van der Waals surface area contributed by atoms with Gasteiger partial charge in [-0.2, -0.15) is 0 Å². The molecule has 1 saturated carbocycles. The quantitative estimate of drug-likeness (QED) is 0.398. The predicted molar refractivity (Wildman–Crippen MR) is 153 cm³/mol. The lowest BCUT2D eigenvalue weighted by molar-refractivity contribution is -0.115. The Morgan fingerprint density at radius 2 is 1.61 bits per heavy atom. The maximum absolute atomic E-state index is 13.5. The fourth-order valence-electron chi connectivity index (χ4n) is 5.59. The van der Waals surface area contributed by atoms with Crippen molar-refractivity contribution < 1.29 is 9.59 Å². The smallest absolute Gasteiger partial charge is 0.253 e. The first-order valence-corrected chi connectivity index (χ1v) is 13.5. The van der Waals surface area contributed by atoms with Crippen LogP contribution in [-0.2, 0) is 11.3 Å². The number of benzene rings is 3. The number of aliphatic imine (C=N–C) groups is 1. The van der Waals surface area contributed by atoms with Gasteiger partial charge in [-0.3, -0.25) is 14.6 Å². The van der Waals surface area contributed by atoms with E-state index < -0.39 is 5.92 Å². The summed E-state index contributed by atoms with van der Waals surface area (Å²) in [6.07, 6.45) is 5.68. The van der Waals surface area contributed by atoms with Gasteiger partial charge in [0.1, 0.15) is 5.92 Å². The van der Waals surface area contributed by atoms with Crippen LogP contribution in [0, 0.1) is 0 Å². The summed E-state index contributed by atoms with van der Waals surface area (Å²) < 4.78 is 0. The van der Waals surface area contributed by atoms with Crippen molar-refractivity contribution in [1.29, 1.82) is 0 Å². The van der Waals surface area contributed by atoms with E-state index in [1.165, 1.54) is 24.8 Å². The van der Waals surface area contributed by atoms with Crippen LogP contribution in [0.5, 0.6) is 0 Å². The van der Waals surface area contributed by atoms with E-state index in [-0.39, 0.29) is 17.9 Å². The summed E-state index contributed by atoms with van der Waals surface area (Å²) in [5, 5.41) is 3.02. The highest BCUT2D eigenvalue weighted by Crippen LogP contribution is 2.37. The van der Waals surface area contributed by atoms with Crippen molar-refractivity contribution >= 4 is 28.9 Å². The minimum absolute atomic E-state index is 0.00693. The molecule has 1 aliphatic carbocycles. The maximum Gasteiger partial charge on any atom is 0.253 e. The monoisotopic (exact) mass is 508 g/mol. The van der Waals surface area contributed by atoms with Crippen molar-refractivity contribution in [3.63, 3.8) is 0 Å². The van der Waals surface area contributed by atoms with Gasteiger partial charge in [0, 0.05) is 30.9 Å². The Morgan fingerprint density at radius 3 is 2.29 bits per heavy atom. The Balaban J connectivity index is 1.51. The molecule has 5 rings (SSSR count). The second-order valence-electron chi connectivity index (χ2n) is 10.7. The molecule has 1 heterocycles. The van der Waals surface area contributed by atoms with Gasteiger partial charge >= 0.3 is 0 Å². The molecule has 196 valence electrons. The molecule has 6 nitrogen and oxygen atoms in total. The van der Waals surface area contributed by atoms with Crippen LogP contribution in [0.3, 0.4) is 0 Å². The van der Waals surface area contributed by atoms with Crippen LogP contribution in [-0.4, -0.2) is 54.5 Å². The van der Waals surface area contributed by atoms with Crippen molar-refractivity contribution in [2.24, 2.45) is 4.99 Å². The van der Waals surface area contributed by atoms with Crippen LogP contribution < -0.4 is 5.32 Å². The number of carbonyl (C=O) groups is 2. The van der Waals surface area contributed by atoms with E-state index in [2.05, 4.69) is 22.3 Å². The van der Waals surface area contributed by atoms with Crippen LogP contribution in [0.15, 0.2) is 77.8 Å². The molecule has 0 bridgehead atoms. The third kappa shape index (κ3) is 5.55. The van der Waals surface area contributed by atoms with Crippen molar-refractivity contribution in [2.45, 2.75) is 50.6 Å². The Labute approximate surface area is 225 Å². The summed E-state index contributed by atoms with van der Waals surface area (Å²) in [6.45, 7) is 0.847. The van der Waals surface area contributed by atoms with E-state index in [4.69, 9.17) is 4.99 Å². The summed E-state index contributed by atoms with van der Waals surface area (Å²) in [6, 6.07) is 23.8. The van der Waals surface area contributed by atoms with Crippen LogP contribution in [0.1, 0.15) is 65.1 Å². The minimum atomic E-state index is -0.610. The lowest BCUT2D eigenvalue weighted by atomic mass is 9.89. The summed E-state index contributed by atoms with van der Waals surface area (Å²) >= 11 is 0. The Morgan fingerprint density at radius 1 is 0.895 bits per heavy atom. The number of amides is 2. The molecule has 2 amide bonds. The van der Waals surface area contributed by atoms with E-state index in [9.17, 15) is 9.59 Å². The van der Waals surface area contributed by atoms with Gasteiger partial charge < -0.3 is 15.1 Å². The summed E-state index contributed by atoms with van der Waals surface area (Å²) in [7, 11) is 5.99. The summed E-state index contributed by atoms with van der Waals surface area (Å²) in [4.78, 5) is 35.9. The van der Waals surface area contributed by atoms with Gasteiger partial charge in [-0.05, 0) is 74.0 Å². The number of rotatable bonds is 7. The molecule has 0 spiro atoms. The van der Waals surface area contributed by atoms with Crippen molar-refractivity contribution in [1.82, 2.24) is 9.80 Å². The Hall–Kier alpha value is -3.77. The van der Waals surface area contributed by atoms with Crippen LogP contribution >= 0.6 is 0 Å². The SMILES string of the molecule is CN(C)Cc1ccc(N=C(c2ccccc2)C2C(=O)Nc3ccc(C(=O)N(C)C4CCCCC4)cc32)cc1. The van der Waals surface area contributed by atoms with E-state index >= 15 is 0 Å². The predicted octanol–water partition coefficient (Wildman–Crippen LogP) is 6.01. The molecule has 3 aromatic rings. The molecule has 1 fully saturated rings. The lowest BCUT2D eigenvalue weighted by Crippen LogP contribution is -2.38. The second kappa shape index (κ2) is 11.3. The molecule has 0 aromatic heterocycles. The first kappa shape index (κ1) is 25.9. The minimum Gasteiger partial charge on any atom is -0.339 e. The average molecular weight is 509 g/mol. The number of anilines is 1. The first-order valence-electron chi connectivity index (χ1n) is 13.5. The third-order valence-corrected chi connectivity index (χ3v) is 7.60. The number of fused-ring (bicyclic) bond motifs is 1. The van der Waals surface area contributed by atoms with Crippen LogP contribution in [0.4, 0.5) is 11.4 Å². The normalized spacial score (nSPS) is 17.8. The Bertz CT molecular complexity index is 1330. The topological polar surface area (TPSA) is 65.0 Å². The zero-order chi connectivity index (χ0) is 26.6. The molecule has 6 heteroatoms. The highest BCUT2D eigenvalue weighted by Gasteiger charge is 2.36. The van der Waals surface area contributed by atoms with Gasteiger partial charge in [-0.15, -0.1) is 0 Å². The molecular formula is C32H36N4O2. The standard InChI is InChI=1S/C32H36N4O2/c1-35(2)21-22-14-17-25(18-15-22)33-30(23-10-6-4-7-11-23)29-27-20-24(16-19-28(27)34-31(29)37)32(38)36(3)26-12-8-5-9-13-26/h4,6-7,10-11,14-20,26,29H,5,8-9,12-13,21H2,1-3H3,(H,34,37). The molecule has 1 unspecified atom stereocenters. The van der Waals surface area contributed by atoms with E-state index in [0.717, 1.165) is 41.9 Å². The molecule has 38 heavy (non-hydrogen) atoms. The highest BCUT2D eigenvalue weighted by molar-refractivity contribution is 6.24. The van der Waals surface area contributed by atoms with E-state index in [1.54, 1.807) is 0 Å². The van der Waals surface area contributed by atoms with Gasteiger partial charge in [-0.25, -0.2) is 0 Å². The first-order chi connectivity index (χ1) is 18.4. The lowest BCUT2D eigenvalue weighted by Gasteiger charge is -2.31. The molecule has 3 aromatic carbocycles. The Kier molecular flexibility index (Phi) is 7.70. The molecular weight excluding hydrogens is 472 g/mol. The highest BCUT2D eigenvalue weighted by atomic mass is 16.2. The summed E-state index contributed by atoms with van der Waals surface area (Å²) in [5.41, 5.74) is 5.69. The average Bonchev–Trinajstić information content (AvgIpc) is 3.27. The number of nitrogens with one attached hydrogen (secondary N) is 1. The number of hydrogen-bond acceptors (Lipinski definition) is 4. The zero-order valence-electron chi connectivity index (χ0n) is 22.5. The van der Waals surface area contributed by atoms with Gasteiger partial charge in [0.05, 0.1) is 11.4 Å². The van der Waals surface area contributed by atoms with Gasteiger partial charge in [-0.1, -0.05) is 61.7 Å². The second-order valence-corrected chi connectivity index (χ2v) is 10.7. The molecule has 1 aliphatic heterocycles. The molecule has 2 aliphatic rings. The number of carbonyl (C=O) groups excluding carboxylic acids is 2. The fraction of sp³-hybridized carbons (Fsp3) is 0.344. The summed E-state index contributed by atoms with van der Waals surface area (Å²) in [5.74, 6) is -0.730. The third-order valence-electron chi connectivity index (χ3n) is 7.60. The van der Waals surface area contributed by atoms with Gasteiger partial charge in [0.2, 0.25) is 5.91 Å². The molecule has 0 radical (unpaired) electrons. The van der Waals surface area contributed by atoms with Crippen molar-refractivity contribution in [3.8, 4) is 0 Å². The van der Waals surface area contributed by atoms with E-state index in [0.29, 0.717) is 11.3 Å². The zero-order valence-corrected chi connectivity index (χ0v) is 22.5. The van der Waals surface area contributed by atoms with Crippen LogP contribution in [0.2, 0.25) is 0 Å². The maximum atomic E-state index is 13.5. The van der Waals surface area contributed by atoms with Crippen LogP contribution in [0.25, 0.3) is 0 Å². The van der Waals surface area contributed by atoms with Gasteiger partial charge in [0.25, 0.3) is 5.91 Å². The van der Waals surface area contributed by atoms with E-state index in [1.807, 2.05) is 86.7 Å². The fourth-order valence-corrected chi connectivity index (χ4v) is 5.59. The molecule has 0 saturated heterocycles. The van der Waals surface area contributed by atoms with Crippen molar-refractivity contribution in [2.75, 3.05) is 26.5 Å². The van der Waals surface area contributed by atoms with Gasteiger partial charge in [0.15, 0.2) is 0 Å². The molecule has 1 atom stereocenters. The number of nitrogens with zero attached hydrogens (tertiary/aromatic N) is 3.